The summed E-state index contributed by atoms with van der Waals surface area (Å²) in [7, 11) is 0. The average Bonchev–Trinajstić information content (AvgIpc) is 3.35. The van der Waals surface area contributed by atoms with Crippen LogP contribution in [-0.2, 0) is 6.42 Å². The maximum absolute atomic E-state index is 6.25. The molecule has 0 saturated carbocycles. The first-order chi connectivity index (χ1) is 12.3. The van der Waals surface area contributed by atoms with E-state index in [1.54, 1.807) is 0 Å². The Morgan fingerprint density at radius 1 is 1.04 bits per heavy atom. The molecule has 2 aliphatic heterocycles. The highest BCUT2D eigenvalue weighted by atomic mass is 16.4. The molecule has 3 heterocycles. The molecular formula is C19H27N5O. The molecule has 4 rings (SSSR count). The molecule has 2 fully saturated rings. The first-order valence-corrected chi connectivity index (χ1v) is 9.41. The van der Waals surface area contributed by atoms with Crippen molar-refractivity contribution in [1.82, 2.24) is 15.1 Å². The molecule has 134 valence electrons. The molecule has 25 heavy (non-hydrogen) atoms. The zero-order valence-corrected chi connectivity index (χ0v) is 14.7. The van der Waals surface area contributed by atoms with Gasteiger partial charge in [0, 0.05) is 19.1 Å². The molecule has 0 unspecified atom stereocenters. The Balaban J connectivity index is 1.33. The molecule has 2 N–H and O–H groups in total. The molecule has 0 aliphatic carbocycles. The summed E-state index contributed by atoms with van der Waals surface area (Å²) >= 11 is 0. The lowest BCUT2D eigenvalue weighted by molar-refractivity contribution is 0.205. The second-order valence-electron chi connectivity index (χ2n) is 7.18. The molecule has 0 bridgehead atoms. The Labute approximate surface area is 149 Å². The van der Waals surface area contributed by atoms with Crippen molar-refractivity contribution in [3.63, 3.8) is 0 Å². The molecule has 6 nitrogen and oxygen atoms in total. The maximum atomic E-state index is 6.25. The van der Waals surface area contributed by atoms with E-state index >= 15 is 0 Å². The molecule has 1 aromatic carbocycles. The van der Waals surface area contributed by atoms with Crippen LogP contribution in [0.2, 0.25) is 0 Å². The lowest BCUT2D eigenvalue weighted by Crippen LogP contribution is -2.44. The number of anilines is 1. The molecule has 1 aromatic heterocycles. The standard InChI is InChI=1S/C19H27N5O/c20-17(14-15-6-2-1-3-7-15)18-21-22-19(25-18)24-12-8-16(9-13-24)23-10-4-5-11-23/h1-3,6-7,16-17H,4-5,8-14,20H2/t17-/m1/s1. The first kappa shape index (κ1) is 16.5. The molecule has 2 aromatic rings. The summed E-state index contributed by atoms with van der Waals surface area (Å²) in [5.41, 5.74) is 7.43. The number of piperidine rings is 1. The van der Waals surface area contributed by atoms with Gasteiger partial charge in [0.1, 0.15) is 0 Å². The largest absolute Gasteiger partial charge is 0.406 e. The fourth-order valence-corrected chi connectivity index (χ4v) is 3.99. The lowest BCUT2D eigenvalue weighted by Gasteiger charge is -2.35. The zero-order valence-electron chi connectivity index (χ0n) is 14.7. The number of rotatable bonds is 5. The SMILES string of the molecule is N[C@H](Cc1ccccc1)c1nnc(N2CCC(N3CCCC3)CC2)o1. The number of nitrogens with two attached hydrogens (primary N) is 1. The van der Waals surface area contributed by atoms with E-state index in [1.807, 2.05) is 18.2 Å². The van der Waals surface area contributed by atoms with Crippen molar-refractivity contribution in [2.75, 3.05) is 31.1 Å². The molecule has 0 amide bonds. The van der Waals surface area contributed by atoms with Crippen molar-refractivity contribution >= 4 is 6.01 Å². The number of aromatic nitrogens is 2. The molecular weight excluding hydrogens is 314 g/mol. The summed E-state index contributed by atoms with van der Waals surface area (Å²) in [5.74, 6) is 0.528. The van der Waals surface area contributed by atoms with Crippen molar-refractivity contribution in [2.24, 2.45) is 5.73 Å². The van der Waals surface area contributed by atoms with E-state index in [0.717, 1.165) is 19.1 Å². The highest BCUT2D eigenvalue weighted by molar-refractivity contribution is 5.26. The summed E-state index contributed by atoms with van der Waals surface area (Å²) in [4.78, 5) is 4.85. The highest BCUT2D eigenvalue weighted by Gasteiger charge is 2.28. The van der Waals surface area contributed by atoms with Gasteiger partial charge in [0.2, 0.25) is 5.89 Å². The van der Waals surface area contributed by atoms with Crippen LogP contribution in [0.5, 0.6) is 0 Å². The Kier molecular flexibility index (Phi) is 4.99. The van der Waals surface area contributed by atoms with Gasteiger partial charge < -0.3 is 20.0 Å². The Morgan fingerprint density at radius 2 is 1.76 bits per heavy atom. The Bertz CT molecular complexity index is 659. The predicted octanol–water partition coefficient (Wildman–Crippen LogP) is 2.38. The second kappa shape index (κ2) is 7.54. The minimum atomic E-state index is -0.259. The van der Waals surface area contributed by atoms with Gasteiger partial charge in [-0.15, -0.1) is 5.10 Å². The van der Waals surface area contributed by atoms with Crippen LogP contribution in [-0.4, -0.2) is 47.3 Å². The van der Waals surface area contributed by atoms with E-state index in [9.17, 15) is 0 Å². The predicted molar refractivity (Wildman–Crippen MR) is 97.4 cm³/mol. The third kappa shape index (κ3) is 3.85. The first-order valence-electron chi connectivity index (χ1n) is 9.41. The van der Waals surface area contributed by atoms with Gasteiger partial charge in [0.25, 0.3) is 0 Å². The maximum Gasteiger partial charge on any atom is 0.318 e. The van der Waals surface area contributed by atoms with E-state index in [0.29, 0.717) is 18.3 Å². The van der Waals surface area contributed by atoms with Crippen molar-refractivity contribution in [3.8, 4) is 0 Å². The molecule has 1 atom stereocenters. The van der Waals surface area contributed by atoms with Crippen molar-refractivity contribution < 1.29 is 4.42 Å². The quantitative estimate of drug-likeness (QED) is 0.900. The zero-order chi connectivity index (χ0) is 17.1. The van der Waals surface area contributed by atoms with Crippen LogP contribution in [0.3, 0.4) is 0 Å². The summed E-state index contributed by atoms with van der Waals surface area (Å²) in [6.45, 7) is 4.50. The molecule has 2 saturated heterocycles. The van der Waals surface area contributed by atoms with Crippen LogP contribution in [0.15, 0.2) is 34.7 Å². The summed E-state index contributed by atoms with van der Waals surface area (Å²) in [5, 5.41) is 8.43. The number of benzene rings is 1. The van der Waals surface area contributed by atoms with Crippen LogP contribution in [0.4, 0.5) is 6.01 Å². The van der Waals surface area contributed by atoms with Gasteiger partial charge in [-0.05, 0) is 50.8 Å². The van der Waals surface area contributed by atoms with E-state index in [4.69, 9.17) is 10.2 Å². The van der Waals surface area contributed by atoms with Gasteiger partial charge in [-0.25, -0.2) is 0 Å². The fraction of sp³-hybridized carbons (Fsp3) is 0.579. The van der Waals surface area contributed by atoms with Crippen LogP contribution in [0, 0.1) is 0 Å². The average molecular weight is 341 g/mol. The van der Waals surface area contributed by atoms with Gasteiger partial charge >= 0.3 is 6.01 Å². The van der Waals surface area contributed by atoms with Gasteiger partial charge in [-0.1, -0.05) is 35.4 Å². The molecule has 2 aliphatic rings. The van der Waals surface area contributed by atoms with Gasteiger partial charge in [-0.2, -0.15) is 0 Å². The number of hydrogen-bond acceptors (Lipinski definition) is 6. The van der Waals surface area contributed by atoms with Crippen LogP contribution in [0.25, 0.3) is 0 Å². The third-order valence-electron chi connectivity index (χ3n) is 5.44. The van der Waals surface area contributed by atoms with Crippen molar-refractivity contribution in [1.29, 1.82) is 0 Å². The van der Waals surface area contributed by atoms with Gasteiger partial charge in [0.05, 0.1) is 6.04 Å². The number of nitrogens with zero attached hydrogens (tertiary/aromatic N) is 4. The van der Waals surface area contributed by atoms with Crippen LogP contribution in [0.1, 0.15) is 43.2 Å². The second-order valence-corrected chi connectivity index (χ2v) is 7.18. The van der Waals surface area contributed by atoms with E-state index in [2.05, 4.69) is 32.1 Å². The van der Waals surface area contributed by atoms with E-state index in [-0.39, 0.29) is 6.04 Å². The van der Waals surface area contributed by atoms with Crippen LogP contribution >= 0.6 is 0 Å². The monoisotopic (exact) mass is 341 g/mol. The Morgan fingerprint density at radius 3 is 2.48 bits per heavy atom. The summed E-state index contributed by atoms with van der Waals surface area (Å²) < 4.78 is 5.88. The lowest BCUT2D eigenvalue weighted by atomic mass is 10.0. The molecule has 0 radical (unpaired) electrons. The number of likely N-dealkylation sites (tertiary alicyclic amines) is 1. The fourth-order valence-electron chi connectivity index (χ4n) is 3.99. The van der Waals surface area contributed by atoms with Gasteiger partial charge in [-0.3, -0.25) is 0 Å². The van der Waals surface area contributed by atoms with E-state index < -0.39 is 0 Å². The normalized spacial score (nSPS) is 20.9. The van der Waals surface area contributed by atoms with Gasteiger partial charge in [0.15, 0.2) is 0 Å². The highest BCUT2D eigenvalue weighted by Crippen LogP contribution is 2.25. The summed E-state index contributed by atoms with van der Waals surface area (Å²) in [6, 6.07) is 11.3. The smallest absolute Gasteiger partial charge is 0.318 e. The van der Waals surface area contributed by atoms with Crippen molar-refractivity contribution in [2.45, 2.75) is 44.2 Å². The number of hydrogen-bond donors (Lipinski definition) is 1. The third-order valence-corrected chi connectivity index (χ3v) is 5.44. The summed E-state index contributed by atoms with van der Waals surface area (Å²) in [6.07, 6.45) is 5.76. The molecule has 6 heteroatoms. The minimum absolute atomic E-state index is 0.259. The Hall–Kier alpha value is -1.92. The minimum Gasteiger partial charge on any atom is -0.406 e. The van der Waals surface area contributed by atoms with Crippen molar-refractivity contribution in [3.05, 3.63) is 41.8 Å². The van der Waals surface area contributed by atoms with Crippen LogP contribution < -0.4 is 10.6 Å². The topological polar surface area (TPSA) is 71.4 Å². The molecule has 0 spiro atoms. The van der Waals surface area contributed by atoms with E-state index in [1.165, 1.54) is 44.3 Å².